The molecule has 19 heavy (non-hydrogen) atoms. The van der Waals surface area contributed by atoms with E-state index in [0.29, 0.717) is 5.75 Å². The summed E-state index contributed by atoms with van der Waals surface area (Å²) >= 11 is 0. The second kappa shape index (κ2) is 6.78. The molecule has 1 N–H and O–H groups in total. The zero-order chi connectivity index (χ0) is 14.4. The molecule has 0 saturated carbocycles. The molecule has 104 valence electrons. The van der Waals surface area contributed by atoms with Gasteiger partial charge in [0.1, 0.15) is 5.75 Å². The number of rotatable bonds is 5. The summed E-state index contributed by atoms with van der Waals surface area (Å²) in [4.78, 5) is 24.2. The van der Waals surface area contributed by atoms with E-state index in [4.69, 9.17) is 4.74 Å². The van der Waals surface area contributed by atoms with E-state index in [1.165, 1.54) is 4.90 Å². The topological polar surface area (TPSA) is 58.6 Å². The summed E-state index contributed by atoms with van der Waals surface area (Å²) in [7, 11) is 3.28. The zero-order valence-corrected chi connectivity index (χ0v) is 11.8. The molecule has 2 amide bonds. The van der Waals surface area contributed by atoms with Crippen molar-refractivity contribution in [2.24, 2.45) is 0 Å². The molecule has 0 unspecified atom stereocenters. The number of likely N-dealkylation sites (N-methyl/N-ethyl adjacent to an activating group) is 1. The van der Waals surface area contributed by atoms with Gasteiger partial charge in [0, 0.05) is 14.1 Å². The van der Waals surface area contributed by atoms with E-state index in [2.05, 4.69) is 5.32 Å². The maximum Gasteiger partial charge on any atom is 0.258 e. The van der Waals surface area contributed by atoms with Crippen LogP contribution in [0, 0.1) is 13.8 Å². The number of ether oxygens (including phenoxy) is 1. The first-order valence-electron chi connectivity index (χ1n) is 6.06. The minimum atomic E-state index is -0.311. The van der Waals surface area contributed by atoms with Crippen molar-refractivity contribution in [2.45, 2.75) is 13.8 Å². The van der Waals surface area contributed by atoms with Crippen LogP contribution in [0.2, 0.25) is 0 Å². The molecule has 0 bridgehead atoms. The second-order valence-corrected chi connectivity index (χ2v) is 4.68. The van der Waals surface area contributed by atoms with Gasteiger partial charge in [0.25, 0.3) is 5.91 Å². The fourth-order valence-corrected chi connectivity index (χ4v) is 1.55. The maximum atomic E-state index is 11.5. The number of nitrogens with one attached hydrogen (secondary N) is 1. The average Bonchev–Trinajstić information content (AvgIpc) is 2.32. The lowest BCUT2D eigenvalue weighted by Crippen LogP contribution is -2.38. The monoisotopic (exact) mass is 264 g/mol. The van der Waals surface area contributed by atoms with Gasteiger partial charge in [0.15, 0.2) is 6.61 Å². The van der Waals surface area contributed by atoms with E-state index in [9.17, 15) is 9.59 Å². The van der Waals surface area contributed by atoms with Crippen LogP contribution in [0.4, 0.5) is 0 Å². The lowest BCUT2D eigenvalue weighted by molar-refractivity contribution is -0.131. The van der Waals surface area contributed by atoms with Gasteiger partial charge in [-0.05, 0) is 37.1 Å². The standard InChI is InChI=1S/C14H20N2O3/c1-10-5-11(2)7-12(6-10)19-9-13(17)15-8-14(18)16(3)4/h5-7H,8-9H2,1-4H3,(H,15,17). The van der Waals surface area contributed by atoms with Gasteiger partial charge < -0.3 is 15.0 Å². The van der Waals surface area contributed by atoms with Gasteiger partial charge in [-0.2, -0.15) is 0 Å². The summed E-state index contributed by atoms with van der Waals surface area (Å²) in [5.41, 5.74) is 2.16. The van der Waals surface area contributed by atoms with E-state index in [1.54, 1.807) is 14.1 Å². The van der Waals surface area contributed by atoms with Gasteiger partial charge in [0.2, 0.25) is 5.91 Å². The Balaban J connectivity index is 2.40. The highest BCUT2D eigenvalue weighted by Crippen LogP contribution is 2.15. The van der Waals surface area contributed by atoms with E-state index >= 15 is 0 Å². The zero-order valence-electron chi connectivity index (χ0n) is 11.8. The third-order valence-corrected chi connectivity index (χ3v) is 2.50. The third kappa shape index (κ3) is 5.42. The Morgan fingerprint density at radius 1 is 1.16 bits per heavy atom. The van der Waals surface area contributed by atoms with E-state index in [0.717, 1.165) is 11.1 Å². The fraction of sp³-hybridized carbons (Fsp3) is 0.429. The van der Waals surface area contributed by atoms with Gasteiger partial charge in [-0.15, -0.1) is 0 Å². The summed E-state index contributed by atoms with van der Waals surface area (Å²) in [6, 6.07) is 5.76. The minimum absolute atomic E-state index is 0.0119. The summed E-state index contributed by atoms with van der Waals surface area (Å²) in [6.45, 7) is 3.83. The van der Waals surface area contributed by atoms with Crippen LogP contribution in [0.15, 0.2) is 18.2 Å². The Morgan fingerprint density at radius 2 is 1.74 bits per heavy atom. The first-order valence-corrected chi connectivity index (χ1v) is 6.06. The predicted octanol–water partition coefficient (Wildman–Crippen LogP) is 0.887. The number of carbonyl (C=O) groups excluding carboxylic acids is 2. The second-order valence-electron chi connectivity index (χ2n) is 4.68. The number of carbonyl (C=O) groups is 2. The Kier molecular flexibility index (Phi) is 5.36. The van der Waals surface area contributed by atoms with Gasteiger partial charge in [-0.1, -0.05) is 6.07 Å². The molecule has 5 heteroatoms. The van der Waals surface area contributed by atoms with E-state index in [-0.39, 0.29) is 25.0 Å². The number of hydrogen-bond acceptors (Lipinski definition) is 3. The number of nitrogens with zero attached hydrogens (tertiary/aromatic N) is 1. The molecule has 0 fully saturated rings. The molecule has 0 aliphatic rings. The molecule has 0 radical (unpaired) electrons. The van der Waals surface area contributed by atoms with Crippen LogP contribution in [-0.4, -0.2) is 44.0 Å². The normalized spacial score (nSPS) is 9.89. The van der Waals surface area contributed by atoms with Crippen LogP contribution in [-0.2, 0) is 9.59 Å². The number of amides is 2. The number of aryl methyl sites for hydroxylation is 2. The smallest absolute Gasteiger partial charge is 0.258 e. The van der Waals surface area contributed by atoms with Crippen molar-refractivity contribution in [1.82, 2.24) is 10.2 Å². The highest BCUT2D eigenvalue weighted by molar-refractivity contribution is 5.85. The van der Waals surface area contributed by atoms with Crippen molar-refractivity contribution in [3.05, 3.63) is 29.3 Å². The summed E-state index contributed by atoms with van der Waals surface area (Å²) in [6.07, 6.45) is 0. The predicted molar refractivity (Wildman–Crippen MR) is 73.1 cm³/mol. The Bertz CT molecular complexity index is 450. The van der Waals surface area contributed by atoms with Crippen molar-refractivity contribution in [1.29, 1.82) is 0 Å². The summed E-state index contributed by atoms with van der Waals surface area (Å²) in [5, 5.41) is 2.51. The largest absolute Gasteiger partial charge is 0.484 e. The number of benzene rings is 1. The molecule has 0 aliphatic carbocycles. The third-order valence-electron chi connectivity index (χ3n) is 2.50. The first-order chi connectivity index (χ1) is 8.88. The highest BCUT2D eigenvalue weighted by atomic mass is 16.5. The van der Waals surface area contributed by atoms with Crippen molar-refractivity contribution >= 4 is 11.8 Å². The molecule has 5 nitrogen and oxygen atoms in total. The SMILES string of the molecule is Cc1cc(C)cc(OCC(=O)NCC(=O)N(C)C)c1. The molecule has 0 spiro atoms. The van der Waals surface area contributed by atoms with E-state index in [1.807, 2.05) is 32.0 Å². The van der Waals surface area contributed by atoms with Crippen LogP contribution in [0.5, 0.6) is 5.75 Å². The lowest BCUT2D eigenvalue weighted by atomic mass is 10.1. The van der Waals surface area contributed by atoms with Crippen LogP contribution in [0.1, 0.15) is 11.1 Å². The van der Waals surface area contributed by atoms with Gasteiger partial charge in [-0.25, -0.2) is 0 Å². The summed E-state index contributed by atoms with van der Waals surface area (Å²) < 4.78 is 5.39. The van der Waals surface area contributed by atoms with Crippen molar-refractivity contribution in [3.63, 3.8) is 0 Å². The molecule has 0 heterocycles. The Labute approximate surface area is 113 Å². The lowest BCUT2D eigenvalue weighted by Gasteiger charge is -2.11. The van der Waals surface area contributed by atoms with Crippen molar-refractivity contribution in [2.75, 3.05) is 27.2 Å². The molecule has 1 rings (SSSR count). The molecular formula is C14H20N2O3. The van der Waals surface area contributed by atoms with Crippen LogP contribution in [0.25, 0.3) is 0 Å². The van der Waals surface area contributed by atoms with Crippen LogP contribution >= 0.6 is 0 Å². The molecule has 0 saturated heterocycles. The molecule has 1 aromatic carbocycles. The van der Waals surface area contributed by atoms with E-state index < -0.39 is 0 Å². The Morgan fingerprint density at radius 3 is 2.26 bits per heavy atom. The highest BCUT2D eigenvalue weighted by Gasteiger charge is 2.07. The van der Waals surface area contributed by atoms with Crippen molar-refractivity contribution in [3.8, 4) is 5.75 Å². The molecule has 0 atom stereocenters. The Hall–Kier alpha value is -2.04. The van der Waals surface area contributed by atoms with Gasteiger partial charge in [-0.3, -0.25) is 9.59 Å². The summed E-state index contributed by atoms with van der Waals surface area (Å²) in [5.74, 6) is 0.195. The molecular weight excluding hydrogens is 244 g/mol. The van der Waals surface area contributed by atoms with Gasteiger partial charge >= 0.3 is 0 Å². The molecule has 0 aliphatic heterocycles. The number of hydrogen-bond donors (Lipinski definition) is 1. The maximum absolute atomic E-state index is 11.5. The van der Waals surface area contributed by atoms with Crippen LogP contribution in [0.3, 0.4) is 0 Å². The average molecular weight is 264 g/mol. The molecule has 1 aromatic rings. The van der Waals surface area contributed by atoms with Crippen LogP contribution < -0.4 is 10.1 Å². The minimum Gasteiger partial charge on any atom is -0.484 e. The quantitative estimate of drug-likeness (QED) is 0.859. The van der Waals surface area contributed by atoms with Crippen molar-refractivity contribution < 1.29 is 14.3 Å². The fourth-order valence-electron chi connectivity index (χ4n) is 1.55. The first kappa shape index (κ1) is 15.0. The molecule has 0 aromatic heterocycles. The van der Waals surface area contributed by atoms with Gasteiger partial charge in [0.05, 0.1) is 6.54 Å².